The number of halogens is 4. The van der Waals surface area contributed by atoms with Crippen LogP contribution >= 0.6 is 23.4 Å². The Kier molecular flexibility index (Phi) is 19.1. The molecule has 5 aliphatic rings. The Hall–Kier alpha value is -6.71. The fourth-order valence-corrected chi connectivity index (χ4v) is 14.9. The van der Waals surface area contributed by atoms with E-state index in [4.69, 9.17) is 11.6 Å². The summed E-state index contributed by atoms with van der Waals surface area (Å²) in [6.45, 7) is 12.2. The van der Waals surface area contributed by atoms with Crippen LogP contribution in [0.3, 0.4) is 0 Å². The molecule has 16 nitrogen and oxygen atoms in total. The van der Waals surface area contributed by atoms with E-state index in [1.807, 2.05) is 53.3 Å². The average Bonchev–Trinajstić information content (AvgIpc) is 1.52. The summed E-state index contributed by atoms with van der Waals surface area (Å²) in [5.74, 6) is 4.58. The number of rotatable bonds is 18. The van der Waals surface area contributed by atoms with Gasteiger partial charge < -0.3 is 20.0 Å². The second-order valence-corrected chi connectivity index (χ2v) is 28.3. The molecule has 23 heteroatoms. The number of sulfonamides is 1. The van der Waals surface area contributed by atoms with Crippen molar-refractivity contribution >= 4 is 83.8 Å². The zero-order chi connectivity index (χ0) is 61.0. The molecule has 454 valence electrons. The molecule has 0 radical (unpaired) electrons. The number of fused-ring (bicyclic) bond motifs is 1. The number of imide groups is 1. The molecule has 86 heavy (non-hydrogen) atoms. The number of benzene rings is 5. The Morgan fingerprint density at radius 3 is 2.22 bits per heavy atom. The molecule has 3 N–H and O–H groups in total. The van der Waals surface area contributed by atoms with Crippen LogP contribution in [0.5, 0.6) is 0 Å². The molecule has 2 unspecified atom stereocenters. The highest BCUT2D eigenvalue weighted by atomic mass is 35.5. The first-order valence-corrected chi connectivity index (χ1v) is 33.0. The zero-order valence-corrected chi connectivity index (χ0v) is 51.0. The van der Waals surface area contributed by atoms with Crippen molar-refractivity contribution in [1.29, 1.82) is 0 Å². The Labute approximate surface area is 509 Å². The normalized spacial score (nSPS) is 19.4. The second-order valence-electron chi connectivity index (χ2n) is 23.2. The average molecular weight is 1250 g/mol. The highest BCUT2D eigenvalue weighted by molar-refractivity contribution is 7.99. The van der Waals surface area contributed by atoms with Gasteiger partial charge in [0.15, 0.2) is 0 Å². The van der Waals surface area contributed by atoms with Crippen molar-refractivity contribution in [3.05, 3.63) is 154 Å². The standard InChI is InChI=1S/C63H68ClF3N8O8S3/c1-62(2)27-25-52(44-13-17-47(64)18-14-44)46(39-62)40-73-34-36-74(37-35-73)49-19-15-45(16-20-49)59(77)70-86(82,83)51-21-22-55(57(38-51)85(80,81)63(65,66)67)68-48(42-84-50-10-4-3-5-11-50)26-29-72-32-30-71(31-33-72)28-7-9-43-8-6-12-53-54(43)41-75(61(53)79)56-23-24-58(76)69-60(56)78/h3-6,8,10-22,38,48,56,68H,23-37,39-42H2,1-2H3,(H,70,77)(H,69,76,78). The van der Waals surface area contributed by atoms with Gasteiger partial charge in [0.2, 0.25) is 11.8 Å². The molecule has 4 aliphatic heterocycles. The number of nitrogens with zero attached hydrogens (tertiary/aromatic N) is 5. The maximum atomic E-state index is 14.5. The van der Waals surface area contributed by atoms with E-state index in [0.717, 1.165) is 67.2 Å². The van der Waals surface area contributed by atoms with Crippen molar-refractivity contribution in [2.24, 2.45) is 5.41 Å². The van der Waals surface area contributed by atoms with E-state index in [2.05, 4.69) is 68.1 Å². The van der Waals surface area contributed by atoms with Crippen molar-refractivity contribution in [2.45, 2.75) is 91.2 Å². The summed E-state index contributed by atoms with van der Waals surface area (Å²) in [7, 11) is -11.1. The predicted octanol–water partition coefficient (Wildman–Crippen LogP) is 8.93. The number of carbonyl (C=O) groups excluding carboxylic acids is 4. The highest BCUT2D eigenvalue weighted by Crippen LogP contribution is 2.43. The molecule has 0 spiro atoms. The van der Waals surface area contributed by atoms with Gasteiger partial charge in [-0.2, -0.15) is 13.2 Å². The SMILES string of the molecule is CC1(C)CCC(c2ccc(Cl)cc2)=C(CN2CCN(c3ccc(C(=O)NS(=O)(=O)c4ccc(NC(CCN5CCN(CC#Cc6cccc7c6CN(C6CCC(=O)NC6=O)C7=O)CC5)CSc5ccccc5)c(S(=O)(=O)C(F)(F)F)c4)cc3)CC2)C1. The lowest BCUT2D eigenvalue weighted by atomic mass is 9.73. The fraction of sp³-hybridized carbons (Fsp3) is 0.397. The zero-order valence-electron chi connectivity index (χ0n) is 47.8. The van der Waals surface area contributed by atoms with E-state index >= 15 is 0 Å². The van der Waals surface area contributed by atoms with Crippen LogP contribution < -0.4 is 20.3 Å². The topological polar surface area (TPSA) is 189 Å². The number of anilines is 2. The number of alkyl halides is 3. The van der Waals surface area contributed by atoms with Gasteiger partial charge in [-0.05, 0) is 133 Å². The fourth-order valence-electron chi connectivity index (χ4n) is 11.8. The van der Waals surface area contributed by atoms with Gasteiger partial charge in [-0.3, -0.25) is 34.3 Å². The lowest BCUT2D eigenvalue weighted by molar-refractivity contribution is -0.136. The van der Waals surface area contributed by atoms with Gasteiger partial charge in [-0.25, -0.2) is 21.6 Å². The maximum absolute atomic E-state index is 14.5. The summed E-state index contributed by atoms with van der Waals surface area (Å²) in [6, 6.07) is 30.1. The molecule has 10 rings (SSSR count). The van der Waals surface area contributed by atoms with Crippen LogP contribution in [-0.4, -0.2) is 155 Å². The summed E-state index contributed by atoms with van der Waals surface area (Å²) in [5.41, 5.74) is 0.670. The van der Waals surface area contributed by atoms with Crippen LogP contribution in [-0.2, 0) is 36.0 Å². The molecule has 0 saturated carbocycles. The van der Waals surface area contributed by atoms with E-state index in [0.29, 0.717) is 86.7 Å². The highest BCUT2D eigenvalue weighted by Gasteiger charge is 2.49. The minimum atomic E-state index is -6.14. The number of amides is 4. The molecule has 3 fully saturated rings. The third-order valence-corrected chi connectivity index (χ3v) is 20.9. The number of allylic oxidation sites excluding steroid dienone is 1. The van der Waals surface area contributed by atoms with Crippen molar-refractivity contribution in [3.63, 3.8) is 0 Å². The second kappa shape index (κ2) is 26.3. The Morgan fingerprint density at radius 2 is 1.52 bits per heavy atom. The summed E-state index contributed by atoms with van der Waals surface area (Å²) < 4.78 is 99.8. The van der Waals surface area contributed by atoms with Crippen LogP contribution in [0.2, 0.25) is 5.02 Å². The predicted molar refractivity (Wildman–Crippen MR) is 327 cm³/mol. The summed E-state index contributed by atoms with van der Waals surface area (Å²) in [4.78, 5) is 60.4. The molecule has 5 aromatic carbocycles. The first kappa shape index (κ1) is 62.3. The van der Waals surface area contributed by atoms with E-state index in [1.54, 1.807) is 24.3 Å². The molecule has 5 aromatic rings. The quantitative estimate of drug-likeness (QED) is 0.0429. The number of carbonyl (C=O) groups is 4. The first-order valence-electron chi connectivity index (χ1n) is 28.7. The van der Waals surface area contributed by atoms with Gasteiger partial charge >= 0.3 is 5.51 Å². The lowest BCUT2D eigenvalue weighted by Crippen LogP contribution is -2.52. The summed E-state index contributed by atoms with van der Waals surface area (Å²) in [6.07, 6.45) is 3.88. The summed E-state index contributed by atoms with van der Waals surface area (Å²) >= 11 is 7.64. The van der Waals surface area contributed by atoms with Gasteiger partial charge in [0.05, 0.1) is 17.1 Å². The lowest BCUT2D eigenvalue weighted by Gasteiger charge is -2.39. The Balaban J connectivity index is 0.762. The number of hydrogen-bond acceptors (Lipinski definition) is 14. The van der Waals surface area contributed by atoms with Crippen molar-refractivity contribution in [3.8, 4) is 11.8 Å². The number of sulfone groups is 1. The smallest absolute Gasteiger partial charge is 0.380 e. The third-order valence-electron chi connectivity index (χ3n) is 16.6. The van der Waals surface area contributed by atoms with E-state index in [1.165, 1.54) is 45.5 Å². The molecule has 0 bridgehead atoms. The Morgan fingerprint density at radius 1 is 0.826 bits per heavy atom. The molecule has 4 heterocycles. The Bertz CT molecular complexity index is 3700. The molecule has 2 atom stereocenters. The number of piperazine rings is 2. The van der Waals surface area contributed by atoms with E-state index in [9.17, 15) is 49.2 Å². The molecular formula is C63H68ClF3N8O8S3. The molecule has 4 amide bonds. The number of piperidine rings is 1. The van der Waals surface area contributed by atoms with E-state index in [-0.39, 0.29) is 42.2 Å². The van der Waals surface area contributed by atoms with Crippen molar-refractivity contribution < 1.29 is 49.2 Å². The van der Waals surface area contributed by atoms with Crippen LogP contribution in [0, 0.1) is 17.3 Å². The van der Waals surface area contributed by atoms with Crippen LogP contribution in [0.15, 0.2) is 136 Å². The van der Waals surface area contributed by atoms with Gasteiger partial charge in [0.1, 0.15) is 10.9 Å². The molecule has 0 aromatic heterocycles. The van der Waals surface area contributed by atoms with Crippen molar-refractivity contribution in [2.75, 3.05) is 88.0 Å². The van der Waals surface area contributed by atoms with Gasteiger partial charge in [-0.1, -0.05) is 79.3 Å². The first-order chi connectivity index (χ1) is 41.0. The van der Waals surface area contributed by atoms with Crippen LogP contribution in [0.1, 0.15) is 89.8 Å². The van der Waals surface area contributed by atoms with Crippen molar-refractivity contribution in [1.82, 2.24) is 29.6 Å². The van der Waals surface area contributed by atoms with Gasteiger partial charge in [0.25, 0.3) is 31.7 Å². The van der Waals surface area contributed by atoms with Crippen LogP contribution in [0.25, 0.3) is 5.57 Å². The minimum Gasteiger partial charge on any atom is -0.380 e. The third kappa shape index (κ3) is 14.8. The van der Waals surface area contributed by atoms with Gasteiger partial charge in [0, 0.05) is 123 Å². The number of nitrogens with one attached hydrogen (secondary N) is 3. The maximum Gasteiger partial charge on any atom is 0.501 e. The number of thioether (sulfide) groups is 1. The number of hydrogen-bond donors (Lipinski definition) is 3. The molecule has 3 saturated heterocycles. The summed E-state index contributed by atoms with van der Waals surface area (Å²) in [5, 5.41) is 6.06. The minimum absolute atomic E-state index is 0.0268. The monoisotopic (exact) mass is 1250 g/mol. The largest absolute Gasteiger partial charge is 0.501 e. The van der Waals surface area contributed by atoms with Crippen LogP contribution in [0.4, 0.5) is 24.5 Å². The molecule has 1 aliphatic carbocycles. The van der Waals surface area contributed by atoms with E-state index < -0.39 is 64.7 Å². The molecular weight excluding hydrogens is 1190 g/mol. The van der Waals surface area contributed by atoms with Gasteiger partial charge in [-0.15, -0.1) is 11.8 Å².